The lowest BCUT2D eigenvalue weighted by atomic mass is 10.3. The minimum absolute atomic E-state index is 0.326. The summed E-state index contributed by atoms with van der Waals surface area (Å²) in [6, 6.07) is 0. The van der Waals surface area contributed by atoms with E-state index in [1.807, 2.05) is 0 Å². The molecule has 8 heteroatoms. The fourth-order valence-electron chi connectivity index (χ4n) is 2.01. The molecule has 1 aromatic heterocycles. The minimum atomic E-state index is -4.62. The number of rotatable bonds is 1. The average Bonchev–Trinajstić information content (AvgIpc) is 2.83. The van der Waals surface area contributed by atoms with Crippen molar-refractivity contribution in [1.82, 2.24) is 14.7 Å². The summed E-state index contributed by atoms with van der Waals surface area (Å²) in [7, 11) is 1.12. The lowest BCUT2D eigenvalue weighted by molar-refractivity contribution is -0.143. The van der Waals surface area contributed by atoms with Crippen molar-refractivity contribution in [1.29, 1.82) is 0 Å². The molecule has 0 N–H and O–H groups in total. The summed E-state index contributed by atoms with van der Waals surface area (Å²) in [6.45, 7) is 1.07. The Morgan fingerprint density at radius 1 is 1.33 bits per heavy atom. The summed E-state index contributed by atoms with van der Waals surface area (Å²) in [6.07, 6.45) is -2.92. The molecule has 2 rings (SSSR count). The summed E-state index contributed by atoms with van der Waals surface area (Å²) in [5.41, 5.74) is -1.42. The van der Waals surface area contributed by atoms with Crippen molar-refractivity contribution in [2.24, 2.45) is 7.05 Å². The van der Waals surface area contributed by atoms with E-state index in [4.69, 9.17) is 11.6 Å². The second-order valence-corrected chi connectivity index (χ2v) is 4.51. The second-order valence-electron chi connectivity index (χ2n) is 4.13. The predicted molar refractivity (Wildman–Crippen MR) is 58.4 cm³/mol. The van der Waals surface area contributed by atoms with Gasteiger partial charge in [0.05, 0.1) is 0 Å². The molecule has 0 saturated carbocycles. The van der Waals surface area contributed by atoms with Crippen LogP contribution in [0.2, 0.25) is 5.02 Å². The van der Waals surface area contributed by atoms with E-state index in [9.17, 15) is 18.0 Å². The molecule has 0 aliphatic carbocycles. The third-order valence-electron chi connectivity index (χ3n) is 2.85. The quantitative estimate of drug-likeness (QED) is 0.792. The first kappa shape index (κ1) is 13.2. The number of aryl methyl sites for hydroxylation is 1. The summed E-state index contributed by atoms with van der Waals surface area (Å²) >= 11 is 5.64. The molecule has 0 spiro atoms. The third-order valence-corrected chi connectivity index (χ3v) is 3.21. The van der Waals surface area contributed by atoms with Crippen LogP contribution in [0.1, 0.15) is 29.0 Å². The fraction of sp³-hybridized carbons (Fsp3) is 0.600. The van der Waals surface area contributed by atoms with Gasteiger partial charge in [0.2, 0.25) is 0 Å². The fourth-order valence-corrected chi connectivity index (χ4v) is 2.36. The molecule has 4 nitrogen and oxygen atoms in total. The van der Waals surface area contributed by atoms with Crippen LogP contribution < -0.4 is 0 Å². The molecule has 1 fully saturated rings. The Morgan fingerprint density at radius 3 is 2.33 bits per heavy atom. The zero-order valence-corrected chi connectivity index (χ0v) is 10.3. The molecule has 1 saturated heterocycles. The van der Waals surface area contributed by atoms with Gasteiger partial charge in [0.15, 0.2) is 11.4 Å². The second kappa shape index (κ2) is 4.46. The molecular weight excluding hydrogens is 271 g/mol. The molecule has 0 aromatic carbocycles. The van der Waals surface area contributed by atoms with Gasteiger partial charge < -0.3 is 4.90 Å². The maximum absolute atomic E-state index is 12.7. The zero-order chi connectivity index (χ0) is 13.5. The smallest absolute Gasteiger partial charge is 0.337 e. The van der Waals surface area contributed by atoms with E-state index in [0.717, 1.165) is 19.9 Å². The van der Waals surface area contributed by atoms with Crippen molar-refractivity contribution < 1.29 is 18.0 Å². The molecule has 0 bridgehead atoms. The van der Waals surface area contributed by atoms with Gasteiger partial charge in [-0.15, -0.1) is 0 Å². The highest BCUT2D eigenvalue weighted by atomic mass is 35.5. The number of aromatic nitrogens is 2. The number of carbonyl (C=O) groups is 1. The maximum Gasteiger partial charge on any atom is 0.434 e. The van der Waals surface area contributed by atoms with Gasteiger partial charge in [0.25, 0.3) is 5.91 Å². The van der Waals surface area contributed by atoms with Crippen molar-refractivity contribution in [2.45, 2.75) is 19.0 Å². The topological polar surface area (TPSA) is 38.1 Å². The van der Waals surface area contributed by atoms with Crippen molar-refractivity contribution in [3.8, 4) is 0 Å². The van der Waals surface area contributed by atoms with Crippen LogP contribution in [0.3, 0.4) is 0 Å². The Kier molecular flexibility index (Phi) is 3.27. The number of amides is 1. The Labute approximate surface area is 106 Å². The highest BCUT2D eigenvalue weighted by Gasteiger charge is 2.40. The van der Waals surface area contributed by atoms with Crippen LogP contribution in [-0.2, 0) is 13.2 Å². The number of alkyl halides is 3. The van der Waals surface area contributed by atoms with Gasteiger partial charge in [-0.3, -0.25) is 9.48 Å². The summed E-state index contributed by atoms with van der Waals surface area (Å²) in [4.78, 5) is 13.4. The van der Waals surface area contributed by atoms with Gasteiger partial charge in [0, 0.05) is 20.1 Å². The number of hydrogen-bond acceptors (Lipinski definition) is 2. The standard InChI is InChI=1S/C10H11ClF3N3O/c1-16-8(10(12,13)14)6(11)7(15-16)9(18)17-4-2-3-5-17/h2-5H2,1H3. The first-order valence-corrected chi connectivity index (χ1v) is 5.79. The number of hydrogen-bond donors (Lipinski definition) is 0. The first-order valence-electron chi connectivity index (χ1n) is 5.41. The van der Waals surface area contributed by atoms with E-state index in [2.05, 4.69) is 5.10 Å². The van der Waals surface area contributed by atoms with Crippen LogP contribution in [0, 0.1) is 0 Å². The van der Waals surface area contributed by atoms with Gasteiger partial charge in [-0.2, -0.15) is 18.3 Å². The van der Waals surface area contributed by atoms with Gasteiger partial charge in [-0.1, -0.05) is 11.6 Å². The lowest BCUT2D eigenvalue weighted by Crippen LogP contribution is -2.28. The Bertz CT molecular complexity index is 477. The largest absolute Gasteiger partial charge is 0.434 e. The summed E-state index contributed by atoms with van der Waals surface area (Å²) < 4.78 is 38.7. The predicted octanol–water partition coefficient (Wildman–Crippen LogP) is 2.33. The number of nitrogens with zero attached hydrogens (tertiary/aromatic N) is 3. The monoisotopic (exact) mass is 281 g/mol. The van der Waals surface area contributed by atoms with Gasteiger partial charge in [-0.05, 0) is 12.8 Å². The lowest BCUT2D eigenvalue weighted by Gasteiger charge is -2.13. The van der Waals surface area contributed by atoms with Crippen molar-refractivity contribution >= 4 is 17.5 Å². The zero-order valence-electron chi connectivity index (χ0n) is 9.59. The number of carbonyl (C=O) groups excluding carboxylic acids is 1. The van der Waals surface area contributed by atoms with E-state index in [1.165, 1.54) is 4.90 Å². The number of likely N-dealkylation sites (tertiary alicyclic amines) is 1. The van der Waals surface area contributed by atoms with E-state index >= 15 is 0 Å². The molecule has 1 amide bonds. The van der Waals surface area contributed by atoms with Gasteiger partial charge in [-0.25, -0.2) is 0 Å². The third kappa shape index (κ3) is 2.19. The average molecular weight is 282 g/mol. The molecular formula is C10H11ClF3N3O. The first-order chi connectivity index (χ1) is 8.32. The van der Waals surface area contributed by atoms with Gasteiger partial charge in [0.1, 0.15) is 5.02 Å². The van der Waals surface area contributed by atoms with Crippen molar-refractivity contribution in [3.63, 3.8) is 0 Å². The normalized spacial score (nSPS) is 16.4. The Balaban J connectivity index is 2.38. The van der Waals surface area contributed by atoms with E-state index < -0.39 is 22.8 Å². The maximum atomic E-state index is 12.7. The van der Waals surface area contributed by atoms with E-state index in [-0.39, 0.29) is 5.69 Å². The summed E-state index contributed by atoms with van der Waals surface area (Å²) in [5.74, 6) is -0.538. The molecule has 0 radical (unpaired) electrons. The molecule has 0 unspecified atom stereocenters. The van der Waals surface area contributed by atoms with E-state index in [1.54, 1.807) is 0 Å². The van der Waals surface area contributed by atoms with Crippen LogP contribution in [0.15, 0.2) is 0 Å². The van der Waals surface area contributed by atoms with Crippen LogP contribution >= 0.6 is 11.6 Å². The van der Waals surface area contributed by atoms with Crippen molar-refractivity contribution in [2.75, 3.05) is 13.1 Å². The van der Waals surface area contributed by atoms with Crippen LogP contribution in [0.4, 0.5) is 13.2 Å². The molecule has 1 aromatic rings. The molecule has 1 aliphatic rings. The van der Waals surface area contributed by atoms with Crippen LogP contribution in [0.25, 0.3) is 0 Å². The van der Waals surface area contributed by atoms with Crippen LogP contribution in [0.5, 0.6) is 0 Å². The Hall–Kier alpha value is -1.24. The Morgan fingerprint density at radius 2 is 1.89 bits per heavy atom. The van der Waals surface area contributed by atoms with Crippen molar-refractivity contribution in [3.05, 3.63) is 16.4 Å². The van der Waals surface area contributed by atoms with Gasteiger partial charge >= 0.3 is 6.18 Å². The summed E-state index contributed by atoms with van der Waals surface area (Å²) in [5, 5.41) is 2.97. The van der Waals surface area contributed by atoms with E-state index in [0.29, 0.717) is 17.8 Å². The molecule has 100 valence electrons. The SMILES string of the molecule is Cn1nc(C(=O)N2CCCC2)c(Cl)c1C(F)(F)F. The molecule has 1 aliphatic heterocycles. The highest BCUT2D eigenvalue weighted by molar-refractivity contribution is 6.34. The molecule has 2 heterocycles. The van der Waals surface area contributed by atoms with Crippen LogP contribution in [-0.4, -0.2) is 33.7 Å². The molecule has 0 atom stereocenters. The molecule has 18 heavy (non-hydrogen) atoms. The minimum Gasteiger partial charge on any atom is -0.337 e. The number of halogens is 4. The highest BCUT2D eigenvalue weighted by Crippen LogP contribution is 2.36.